The van der Waals surface area contributed by atoms with E-state index in [-0.39, 0.29) is 94.0 Å². The number of rotatable bonds is 26. The summed E-state index contributed by atoms with van der Waals surface area (Å²) < 4.78 is 32.3. The van der Waals surface area contributed by atoms with E-state index < -0.39 is 143 Å². The second-order valence-electron chi connectivity index (χ2n) is 27.1. The first-order valence-electron chi connectivity index (χ1n) is 30.5. The summed E-state index contributed by atoms with van der Waals surface area (Å²) in [7, 11) is -5.07. The molecule has 6 aliphatic rings. The van der Waals surface area contributed by atoms with Crippen molar-refractivity contribution < 1.29 is 89.0 Å². The number of phosphoric acid groups is 1. The molecule has 5 amide bonds. The van der Waals surface area contributed by atoms with Crippen LogP contribution in [0.25, 0.3) is 11.0 Å². The molecule has 15 atom stereocenters. The number of fused-ring (bicyclic) bond motifs is 7. The van der Waals surface area contributed by atoms with E-state index in [9.17, 15) is 53.9 Å². The predicted molar refractivity (Wildman–Crippen MR) is 329 cm³/mol. The maximum atomic E-state index is 14.4. The number of allylic oxidation sites excluding steroid dienone is 6. The van der Waals surface area contributed by atoms with Crippen LogP contribution in [0.4, 0.5) is 0 Å². The van der Waals surface area contributed by atoms with Gasteiger partial charge in [0.25, 0.3) is 0 Å². The van der Waals surface area contributed by atoms with Crippen molar-refractivity contribution in [1.29, 1.82) is 10.8 Å². The van der Waals surface area contributed by atoms with Crippen molar-refractivity contribution in [2.24, 2.45) is 83.2 Å². The third-order valence-electron chi connectivity index (χ3n) is 20.6. The Balaban J connectivity index is 0.0000118. The molecule has 0 aliphatic carbocycles. The number of hydrogen-bond acceptors (Lipinski definition) is 19. The minimum absolute atomic E-state index is 0. The van der Waals surface area contributed by atoms with Gasteiger partial charge >= 0.3 is 7.82 Å². The molecule has 8 rings (SSSR count). The summed E-state index contributed by atoms with van der Waals surface area (Å²) >= 11 is 0. The number of phosphoric ester groups is 1. The number of nitrogens with zero attached hydrogens (tertiary/aromatic N) is 4. The van der Waals surface area contributed by atoms with Crippen LogP contribution in [0.1, 0.15) is 150 Å². The number of carbonyl (C=O) groups is 5. The summed E-state index contributed by atoms with van der Waals surface area (Å²) in [5.74, 6) is -7.87. The van der Waals surface area contributed by atoms with Gasteiger partial charge in [-0.25, -0.2) is 9.55 Å². The third-order valence-corrected chi connectivity index (χ3v) is 21.7. The Kier molecular flexibility index (Phi) is 21.2. The van der Waals surface area contributed by atoms with E-state index in [1.165, 1.54) is 6.92 Å². The van der Waals surface area contributed by atoms with Crippen LogP contribution in [0.15, 0.2) is 67.8 Å². The SMILES string of the molecule is CC1=C2N=C(C=C3NC(=C(C)C4=N[C@@](C)([C@@H]5N=C1[C@](C)(CCC(=O)NC[C@@H](C)OP(=O)(O)O[C@H]1[C@@H](O)[C@@H]([n+]6c[nH]c7cc(C)c(C)cc76)O[C@@H]1CO)[C@H]5CC(N)=O)[C@@](C)(CC(N)=O)[C@@H]4CCC(N)=O)[C@@](C)(CC(N)=O)[C@@H]3CCC(=N)[O-])C(C)(C)[C@@H]2CCC(=N)[O-].[Co]. The standard InChI is InChI=1S/C62H90N13O14P.Co/c1-29-20-39-40(21-30(29)2)75(28-70-39)57-52(84)53(41(27-76)87-57)89-90(85,86)88-31(3)26-69-49(83)18-19-59(8)37(22-46(66)80)56-62(11)61(10,25-48(68)82)36(14-17-45(65)79)51(74-62)33(5)55-60(9,24-47(67)81)34(12-15-43(63)77)38(71-55)23-42-58(6,7)35(13-16-44(64)78)50(72-42)32(4)54(59)73-56;/h20-21,23,28,31,34-37,41,52-53,56-57,76,84H,12-19,22,24-27H2,1-11H3,(H15,63,64,65,66,67,68,69,71,72,73,74,77,78,79,80,81,82,83,85,86);/p-1/t31-,34-,35-,36-,37+,41-,52-,53-,56-,57+,59-,60+,61+,62+;/m1./s1. The molecule has 2 fully saturated rings. The molecule has 0 saturated carbocycles. The molecule has 6 aliphatic heterocycles. The Labute approximate surface area is 539 Å². The smallest absolute Gasteiger partial charge is 0.472 e. The molecule has 8 bridgehead atoms. The average molecular weight is 1330 g/mol. The molecular weight excluding hydrogens is 1240 g/mol. The molecule has 501 valence electrons. The fourth-order valence-electron chi connectivity index (χ4n) is 15.5. The number of nitrogens with one attached hydrogen (secondary N) is 5. The number of ether oxygens (including phenoxy) is 1. The quantitative estimate of drug-likeness (QED) is 0.0278. The Bertz CT molecular complexity index is 3540. The van der Waals surface area contributed by atoms with Gasteiger partial charge in [-0.05, 0) is 132 Å². The summed E-state index contributed by atoms with van der Waals surface area (Å²) in [6, 6.07) is 2.76. The maximum Gasteiger partial charge on any atom is 0.472 e. The summed E-state index contributed by atoms with van der Waals surface area (Å²) in [6.45, 7) is 19.1. The molecule has 29 heteroatoms. The largest absolute Gasteiger partial charge is 0.862 e. The van der Waals surface area contributed by atoms with Crippen LogP contribution in [0, 0.1) is 70.0 Å². The molecule has 2 saturated heterocycles. The van der Waals surface area contributed by atoms with Gasteiger partial charge in [0.05, 0.1) is 24.3 Å². The molecule has 16 N–H and O–H groups in total. The first-order valence-corrected chi connectivity index (χ1v) is 32.0. The zero-order valence-corrected chi connectivity index (χ0v) is 55.4. The van der Waals surface area contributed by atoms with Gasteiger partial charge in [-0.3, -0.25) is 48.0 Å². The fourth-order valence-corrected chi connectivity index (χ4v) is 16.6. The number of aliphatic hydroxyl groups excluding tert-OH is 2. The van der Waals surface area contributed by atoms with E-state index in [1.807, 2.05) is 80.5 Å². The zero-order valence-electron chi connectivity index (χ0n) is 53.5. The molecule has 27 nitrogen and oxygen atoms in total. The molecular formula is C62H89CoN13O14P-. The predicted octanol–water partition coefficient (Wildman–Crippen LogP) is 2.28. The van der Waals surface area contributed by atoms with E-state index >= 15 is 0 Å². The molecule has 2 aromatic rings. The number of primary amides is 4. The van der Waals surface area contributed by atoms with E-state index in [1.54, 1.807) is 17.8 Å². The van der Waals surface area contributed by atoms with Gasteiger partial charge in [0, 0.05) is 135 Å². The minimum Gasteiger partial charge on any atom is -0.862 e. The van der Waals surface area contributed by atoms with Crippen molar-refractivity contribution in [2.75, 3.05) is 13.2 Å². The maximum absolute atomic E-state index is 14.4. The van der Waals surface area contributed by atoms with Crippen LogP contribution in [-0.2, 0) is 59.1 Å². The number of imidazole rings is 1. The summed E-state index contributed by atoms with van der Waals surface area (Å²) in [4.78, 5) is 99.0. The van der Waals surface area contributed by atoms with Gasteiger partial charge in [0.2, 0.25) is 42.1 Å². The van der Waals surface area contributed by atoms with E-state index in [4.69, 9.17) is 62.5 Å². The van der Waals surface area contributed by atoms with Crippen LogP contribution in [0.2, 0.25) is 0 Å². The third kappa shape index (κ3) is 13.8. The number of carbonyl (C=O) groups excluding carboxylic acids is 5. The number of aryl methyl sites for hydroxylation is 2. The van der Waals surface area contributed by atoms with Crippen LogP contribution < -0.4 is 48.3 Å². The number of amides is 5. The molecule has 7 heterocycles. The van der Waals surface area contributed by atoms with Gasteiger partial charge in [-0.2, -0.15) is 4.57 Å². The monoisotopic (exact) mass is 1330 g/mol. The van der Waals surface area contributed by atoms with Crippen molar-refractivity contribution in [3.05, 3.63) is 63.9 Å². The first kappa shape index (κ1) is 71.9. The average Bonchev–Trinajstić information content (AvgIpc) is 1.54. The molecule has 1 unspecified atom stereocenters. The van der Waals surface area contributed by atoms with Crippen LogP contribution in [0.5, 0.6) is 0 Å². The first-order chi connectivity index (χ1) is 41.8. The summed E-state index contributed by atoms with van der Waals surface area (Å²) in [5.41, 5.74) is 25.5. The van der Waals surface area contributed by atoms with Crippen molar-refractivity contribution in [1.82, 2.24) is 15.6 Å². The molecule has 0 spiro atoms. The number of aliphatic imine (C=N–C) groups is 3. The van der Waals surface area contributed by atoms with E-state index in [0.717, 1.165) is 16.6 Å². The van der Waals surface area contributed by atoms with Crippen molar-refractivity contribution in [3.63, 3.8) is 0 Å². The fraction of sp³-hybridized carbons (Fsp3) is 0.629. The number of aromatic amines is 1. The molecule has 1 aromatic carbocycles. The second-order valence-corrected chi connectivity index (χ2v) is 28.4. The topological polar surface area (TPSA) is 470 Å². The van der Waals surface area contributed by atoms with Crippen LogP contribution in [-0.4, -0.2) is 128 Å². The summed E-state index contributed by atoms with van der Waals surface area (Å²) in [6.07, 6.45) is -4.58. The van der Waals surface area contributed by atoms with Crippen molar-refractivity contribution in [2.45, 2.75) is 189 Å². The number of nitrogens with two attached hydrogens (primary N) is 4. The zero-order chi connectivity index (χ0) is 66.7. The molecule has 91 heavy (non-hydrogen) atoms. The number of aliphatic hydroxyl groups is 2. The minimum atomic E-state index is -5.07. The van der Waals surface area contributed by atoms with Gasteiger partial charge in [0.15, 0.2) is 11.0 Å². The van der Waals surface area contributed by atoms with Gasteiger partial charge in [0.1, 0.15) is 18.3 Å². The number of H-pyrrole nitrogens is 1. The number of benzene rings is 1. The van der Waals surface area contributed by atoms with Crippen LogP contribution >= 0.6 is 7.82 Å². The Morgan fingerprint density at radius 1 is 0.857 bits per heavy atom. The summed E-state index contributed by atoms with van der Waals surface area (Å²) in [5, 5.41) is 69.4. The normalized spacial score (nSPS) is 31.7. The Hall–Kier alpha value is -6.49. The van der Waals surface area contributed by atoms with Gasteiger partial charge in [-0.1, -0.05) is 34.6 Å². The Morgan fingerprint density at radius 2 is 1.47 bits per heavy atom. The Morgan fingerprint density at radius 3 is 2.07 bits per heavy atom. The molecule has 1 radical (unpaired) electrons. The van der Waals surface area contributed by atoms with Crippen molar-refractivity contribution >= 4 is 77.3 Å². The van der Waals surface area contributed by atoms with Crippen LogP contribution in [0.3, 0.4) is 0 Å². The number of hydrogen-bond donors (Lipinski definition) is 12. The van der Waals surface area contributed by atoms with E-state index in [2.05, 4.69) is 15.6 Å². The van der Waals surface area contributed by atoms with Gasteiger partial charge in [-0.15, -0.1) is 0 Å². The van der Waals surface area contributed by atoms with E-state index in [0.29, 0.717) is 50.9 Å². The number of aromatic nitrogens is 2. The second kappa shape index (κ2) is 26.8. The van der Waals surface area contributed by atoms with Gasteiger partial charge < -0.3 is 74.4 Å². The van der Waals surface area contributed by atoms with Crippen molar-refractivity contribution in [3.8, 4) is 0 Å². The molecule has 1 aromatic heterocycles.